The molecule has 0 atom stereocenters. The average molecular weight is 522 g/mol. The summed E-state index contributed by atoms with van der Waals surface area (Å²) in [6.07, 6.45) is 7.21. The zero-order valence-corrected chi connectivity index (χ0v) is 19.2. The molecule has 175 valence electrons. The summed E-state index contributed by atoms with van der Waals surface area (Å²) in [5.41, 5.74) is 3.91. The summed E-state index contributed by atoms with van der Waals surface area (Å²) in [7, 11) is -4.67. The van der Waals surface area contributed by atoms with Crippen LogP contribution >= 0.6 is 0 Å². The van der Waals surface area contributed by atoms with Crippen molar-refractivity contribution >= 4 is 54.0 Å². The minimum atomic E-state index is -4.67. The van der Waals surface area contributed by atoms with Crippen LogP contribution in [-0.2, 0) is 27.5 Å². The average Bonchev–Trinajstić information content (AvgIpc) is 2.83. The molecule has 0 saturated carbocycles. The molecule has 34 heavy (non-hydrogen) atoms. The molecule has 0 aliphatic heterocycles. The van der Waals surface area contributed by atoms with E-state index < -0.39 is 10.4 Å². The van der Waals surface area contributed by atoms with Gasteiger partial charge in [0.05, 0.1) is 22.1 Å². The second-order valence-electron chi connectivity index (χ2n) is 6.88. The molecule has 10 heteroatoms. The van der Waals surface area contributed by atoms with E-state index in [-0.39, 0.29) is 17.1 Å². The van der Waals surface area contributed by atoms with Crippen LogP contribution in [0.1, 0.15) is 0 Å². The van der Waals surface area contributed by atoms with E-state index in [9.17, 15) is 0 Å². The van der Waals surface area contributed by atoms with Gasteiger partial charge in [0.1, 0.15) is 0 Å². The predicted octanol–water partition coefficient (Wildman–Crippen LogP) is 4.91. The molecular formula is C24H18CuN4O4S. The summed E-state index contributed by atoms with van der Waals surface area (Å²) in [5.74, 6) is 0. The van der Waals surface area contributed by atoms with E-state index in [2.05, 4.69) is 68.5 Å². The van der Waals surface area contributed by atoms with E-state index in [1.165, 1.54) is 0 Å². The Kier molecular flexibility index (Phi) is 8.17. The van der Waals surface area contributed by atoms with Crippen LogP contribution in [-0.4, -0.2) is 37.5 Å². The Morgan fingerprint density at radius 2 is 0.676 bits per heavy atom. The Bertz CT molecular complexity index is 1450. The van der Waals surface area contributed by atoms with Crippen molar-refractivity contribution in [3.8, 4) is 0 Å². The van der Waals surface area contributed by atoms with Crippen LogP contribution < -0.4 is 0 Å². The Morgan fingerprint density at radius 1 is 0.471 bits per heavy atom. The third-order valence-electron chi connectivity index (χ3n) is 4.69. The first-order valence-corrected chi connectivity index (χ1v) is 11.2. The normalized spacial score (nSPS) is 10.6. The quantitative estimate of drug-likeness (QED) is 0.164. The first-order valence-electron chi connectivity index (χ1n) is 9.77. The molecule has 0 amide bonds. The minimum Gasteiger partial charge on any atom is -0.264 e. The zero-order valence-electron chi connectivity index (χ0n) is 17.4. The first kappa shape index (κ1) is 25.1. The van der Waals surface area contributed by atoms with Crippen molar-refractivity contribution in [2.45, 2.75) is 0 Å². The number of hydrogen-bond donors (Lipinski definition) is 2. The van der Waals surface area contributed by atoms with E-state index in [4.69, 9.17) is 17.5 Å². The van der Waals surface area contributed by atoms with Crippen LogP contribution in [0.4, 0.5) is 0 Å². The van der Waals surface area contributed by atoms with Gasteiger partial charge in [-0.05, 0) is 24.3 Å². The fourth-order valence-corrected chi connectivity index (χ4v) is 3.36. The summed E-state index contributed by atoms with van der Waals surface area (Å²) in [6.45, 7) is 0. The molecule has 0 saturated heterocycles. The molecule has 4 aromatic heterocycles. The fourth-order valence-electron chi connectivity index (χ4n) is 3.36. The van der Waals surface area contributed by atoms with Gasteiger partial charge in [-0.3, -0.25) is 29.0 Å². The second kappa shape index (κ2) is 11.1. The Hall–Kier alpha value is -3.53. The zero-order chi connectivity index (χ0) is 23.3. The summed E-state index contributed by atoms with van der Waals surface area (Å²) in [6, 6.07) is 24.3. The molecule has 2 N–H and O–H groups in total. The third kappa shape index (κ3) is 6.28. The van der Waals surface area contributed by atoms with Crippen molar-refractivity contribution in [3.05, 3.63) is 97.6 Å². The summed E-state index contributed by atoms with van der Waals surface area (Å²) in [4.78, 5) is 17.4. The number of aromatic nitrogens is 4. The molecule has 0 unspecified atom stereocenters. The SMILES string of the molecule is O=S(=O)(O)O.[Cu].c1cnc2c(c1)ccc1cccnc12.c1cnc2c(c1)ccc1cccnc12. The van der Waals surface area contributed by atoms with Crippen molar-refractivity contribution in [2.75, 3.05) is 0 Å². The van der Waals surface area contributed by atoms with Crippen molar-refractivity contribution in [3.63, 3.8) is 0 Å². The molecule has 0 aliphatic carbocycles. The van der Waals surface area contributed by atoms with Gasteiger partial charge >= 0.3 is 10.4 Å². The summed E-state index contributed by atoms with van der Waals surface area (Å²) >= 11 is 0. The molecule has 6 rings (SSSR count). The van der Waals surface area contributed by atoms with E-state index in [1.807, 2.05) is 24.3 Å². The molecular weight excluding hydrogens is 504 g/mol. The van der Waals surface area contributed by atoms with Gasteiger partial charge in [-0.15, -0.1) is 0 Å². The van der Waals surface area contributed by atoms with Crippen LogP contribution in [0.15, 0.2) is 97.6 Å². The maximum Gasteiger partial charge on any atom is 0.394 e. The Balaban J connectivity index is 0.000000156. The van der Waals surface area contributed by atoms with Gasteiger partial charge in [0.2, 0.25) is 0 Å². The number of benzene rings is 2. The number of hydrogen-bond acceptors (Lipinski definition) is 6. The fraction of sp³-hybridized carbons (Fsp3) is 0. The standard InChI is InChI=1S/2C12H8N2.Cu.H2O4S/c2*1-3-9-5-6-10-4-2-8-14-12(10)11(9)13-7-1;;1-5(2,3)4/h2*1-8H;;(H2,1,2,3,4). The molecule has 8 nitrogen and oxygen atoms in total. The van der Waals surface area contributed by atoms with Gasteiger partial charge < -0.3 is 0 Å². The Labute approximate surface area is 205 Å². The molecule has 0 aliphatic rings. The van der Waals surface area contributed by atoms with Crippen molar-refractivity contribution in [2.24, 2.45) is 0 Å². The Morgan fingerprint density at radius 3 is 0.882 bits per heavy atom. The van der Waals surface area contributed by atoms with E-state index in [0.29, 0.717) is 0 Å². The molecule has 0 fully saturated rings. The van der Waals surface area contributed by atoms with Crippen LogP contribution in [0.25, 0.3) is 43.6 Å². The number of fused-ring (bicyclic) bond motifs is 6. The van der Waals surface area contributed by atoms with Crippen molar-refractivity contribution < 1.29 is 34.6 Å². The van der Waals surface area contributed by atoms with Gasteiger partial charge in [0, 0.05) is 63.4 Å². The van der Waals surface area contributed by atoms with Gasteiger partial charge in [0.25, 0.3) is 0 Å². The number of rotatable bonds is 0. The molecule has 2 aromatic carbocycles. The third-order valence-corrected chi connectivity index (χ3v) is 4.69. The van der Waals surface area contributed by atoms with Crippen LogP contribution in [0.5, 0.6) is 0 Å². The molecule has 4 heterocycles. The molecule has 1 radical (unpaired) electrons. The van der Waals surface area contributed by atoms with Crippen LogP contribution in [0.2, 0.25) is 0 Å². The molecule has 0 bridgehead atoms. The van der Waals surface area contributed by atoms with Crippen molar-refractivity contribution in [1.82, 2.24) is 19.9 Å². The van der Waals surface area contributed by atoms with Gasteiger partial charge in [-0.2, -0.15) is 8.42 Å². The first-order chi connectivity index (χ1) is 15.9. The van der Waals surface area contributed by atoms with Gasteiger partial charge in [-0.1, -0.05) is 48.5 Å². The smallest absolute Gasteiger partial charge is 0.264 e. The largest absolute Gasteiger partial charge is 0.394 e. The van der Waals surface area contributed by atoms with E-state index in [0.717, 1.165) is 43.6 Å². The maximum atomic E-state index is 8.74. The monoisotopic (exact) mass is 521 g/mol. The topological polar surface area (TPSA) is 126 Å². The van der Waals surface area contributed by atoms with Gasteiger partial charge in [-0.25, -0.2) is 0 Å². The summed E-state index contributed by atoms with van der Waals surface area (Å²) in [5, 5.41) is 4.55. The summed E-state index contributed by atoms with van der Waals surface area (Å²) < 4.78 is 31.6. The van der Waals surface area contributed by atoms with Gasteiger partial charge in [0.15, 0.2) is 0 Å². The number of pyridine rings is 4. The maximum absolute atomic E-state index is 8.74. The van der Waals surface area contributed by atoms with Crippen LogP contribution in [0, 0.1) is 0 Å². The van der Waals surface area contributed by atoms with Crippen molar-refractivity contribution in [1.29, 1.82) is 0 Å². The van der Waals surface area contributed by atoms with E-state index in [1.54, 1.807) is 24.8 Å². The molecule has 6 aromatic rings. The number of nitrogens with zero attached hydrogens (tertiary/aromatic N) is 4. The van der Waals surface area contributed by atoms with E-state index >= 15 is 0 Å². The second-order valence-corrected chi connectivity index (χ2v) is 7.78. The predicted molar refractivity (Wildman–Crippen MR) is 128 cm³/mol. The van der Waals surface area contributed by atoms with Crippen LogP contribution in [0.3, 0.4) is 0 Å². The molecule has 0 spiro atoms. The minimum absolute atomic E-state index is 0.